The van der Waals surface area contributed by atoms with Crippen LogP contribution in [0.4, 0.5) is 5.82 Å². The van der Waals surface area contributed by atoms with Gasteiger partial charge in [-0.25, -0.2) is 9.44 Å². The molecule has 1 atom stereocenters. The van der Waals surface area contributed by atoms with Gasteiger partial charge in [-0.3, -0.25) is 0 Å². The number of hydrogen-bond acceptors (Lipinski definition) is 5. The molecule has 0 bridgehead atoms. The number of pyridine rings is 1. The number of phenols is 1. The smallest absolute Gasteiger partial charge is 0.129 e. The first-order valence-electron chi connectivity index (χ1n) is 7.64. The third kappa shape index (κ3) is 2.96. The Bertz CT molecular complexity index is 880. The van der Waals surface area contributed by atoms with Gasteiger partial charge in [0.25, 0.3) is 0 Å². The van der Waals surface area contributed by atoms with E-state index in [-0.39, 0.29) is 5.75 Å². The number of phenolic OH excluding ortho intramolecular Hbond substituents is 1. The Hall–Kier alpha value is -1.44. The molecule has 1 saturated heterocycles. The van der Waals surface area contributed by atoms with Crippen molar-refractivity contribution < 1.29 is 9.84 Å². The zero-order chi connectivity index (χ0) is 16.5. The van der Waals surface area contributed by atoms with Crippen molar-refractivity contribution in [3.05, 3.63) is 36.5 Å². The molecule has 8 heteroatoms. The van der Waals surface area contributed by atoms with Gasteiger partial charge in [0.05, 0.1) is 25.1 Å². The van der Waals surface area contributed by atoms with E-state index in [0.717, 1.165) is 54.3 Å². The number of aromatic hydroxyl groups is 1. The summed E-state index contributed by atoms with van der Waals surface area (Å²) in [6, 6.07) is 9.43. The van der Waals surface area contributed by atoms with Gasteiger partial charge >= 0.3 is 0 Å². The third-order valence-corrected chi connectivity index (χ3v) is 5.97. The van der Waals surface area contributed by atoms with Gasteiger partial charge in [-0.05, 0) is 52.4 Å². The van der Waals surface area contributed by atoms with Crippen LogP contribution < -0.4 is 4.90 Å². The van der Waals surface area contributed by atoms with E-state index in [4.69, 9.17) is 9.84 Å². The molecular weight excluding hydrogens is 438 g/mol. The first kappa shape index (κ1) is 16.1. The van der Waals surface area contributed by atoms with E-state index >= 15 is 0 Å². The van der Waals surface area contributed by atoms with Crippen molar-refractivity contribution in [3.8, 4) is 17.0 Å². The number of anilines is 1. The summed E-state index contributed by atoms with van der Waals surface area (Å²) in [7, 11) is 0. The van der Waals surface area contributed by atoms with Crippen molar-refractivity contribution in [2.45, 2.75) is 0 Å². The molecule has 24 heavy (non-hydrogen) atoms. The fourth-order valence-corrected chi connectivity index (χ4v) is 4.44. The van der Waals surface area contributed by atoms with Crippen LogP contribution in [0.5, 0.6) is 5.75 Å². The summed E-state index contributed by atoms with van der Waals surface area (Å²) < 4.78 is 7.38. The first-order chi connectivity index (χ1) is 11.8. The summed E-state index contributed by atoms with van der Waals surface area (Å²) in [6.07, 6.45) is 2.32. The number of rotatable bonds is 3. The predicted octanol–water partition coefficient (Wildman–Crippen LogP) is 3.43. The summed E-state index contributed by atoms with van der Waals surface area (Å²) in [5.74, 6) is 1.19. The van der Waals surface area contributed by atoms with Crippen LogP contribution in [0.25, 0.3) is 22.2 Å². The number of morpholine rings is 1. The Balaban J connectivity index is 1.81. The summed E-state index contributed by atoms with van der Waals surface area (Å²) >= 11 is 2.32. The van der Waals surface area contributed by atoms with Gasteiger partial charge in [0, 0.05) is 30.2 Å². The number of benzene rings is 1. The molecule has 3 heterocycles. The first-order valence-corrected chi connectivity index (χ1v) is 11.7. The molecule has 4 rings (SSSR count). The second-order valence-corrected chi connectivity index (χ2v) is 7.59. The number of aromatic nitrogens is 3. The van der Waals surface area contributed by atoms with E-state index in [1.54, 1.807) is 12.1 Å². The number of fused-ring (bicyclic) bond motifs is 1. The third-order valence-electron chi connectivity index (χ3n) is 4.10. The van der Waals surface area contributed by atoms with Crippen LogP contribution >= 0.6 is 28.4 Å². The predicted molar refractivity (Wildman–Crippen MR) is 105 cm³/mol. The van der Waals surface area contributed by atoms with Crippen molar-refractivity contribution >= 4 is 45.1 Å². The SMILES string of the molecule is Oc1ccc2c(c1)c(-c1ccnc(N3CCOCC3)c1)nn2PI. The second-order valence-electron chi connectivity index (χ2n) is 5.55. The lowest BCUT2D eigenvalue weighted by atomic mass is 10.1. The average molecular weight is 454 g/mol. The van der Waals surface area contributed by atoms with E-state index in [1.165, 1.54) is 0 Å². The number of halogens is 1. The minimum Gasteiger partial charge on any atom is -0.508 e. The monoisotopic (exact) mass is 454 g/mol. The molecule has 0 radical (unpaired) electrons. The maximum absolute atomic E-state index is 9.87. The molecule has 124 valence electrons. The lowest BCUT2D eigenvalue weighted by molar-refractivity contribution is 0.122. The van der Waals surface area contributed by atoms with E-state index in [9.17, 15) is 5.11 Å². The van der Waals surface area contributed by atoms with Crippen molar-refractivity contribution in [1.29, 1.82) is 0 Å². The molecule has 0 aliphatic carbocycles. The molecule has 2 aromatic heterocycles. The maximum atomic E-state index is 9.87. The van der Waals surface area contributed by atoms with Crippen molar-refractivity contribution in [2.75, 3.05) is 31.2 Å². The molecule has 1 unspecified atom stereocenters. The van der Waals surface area contributed by atoms with Crippen LogP contribution in [0.15, 0.2) is 36.5 Å². The summed E-state index contributed by atoms with van der Waals surface area (Å²) in [6.45, 7) is 3.16. The Morgan fingerprint density at radius 1 is 1.17 bits per heavy atom. The molecule has 0 spiro atoms. The van der Waals surface area contributed by atoms with Gasteiger partial charge < -0.3 is 14.7 Å². The molecule has 3 aromatic rings. The molecule has 0 saturated carbocycles. The highest BCUT2D eigenvalue weighted by molar-refractivity contribution is 14.2. The fraction of sp³-hybridized carbons (Fsp3) is 0.250. The standard InChI is InChI=1S/C16H16IN4O2P/c17-24-21-14-2-1-12(22)10-13(14)16(19-21)11-3-4-18-15(9-11)20-5-7-23-8-6-20/h1-4,9-10,22,24H,5-8H2. The molecular formula is C16H16IN4O2P. The highest BCUT2D eigenvalue weighted by Gasteiger charge is 2.16. The van der Waals surface area contributed by atoms with Crippen molar-refractivity contribution in [2.24, 2.45) is 0 Å². The molecule has 1 aliphatic heterocycles. The van der Waals surface area contributed by atoms with Gasteiger partial charge in [-0.2, -0.15) is 5.10 Å². The number of hydrogen-bond donors (Lipinski definition) is 1. The minimum atomic E-state index is 0.252. The quantitative estimate of drug-likeness (QED) is 0.486. The highest BCUT2D eigenvalue weighted by atomic mass is 127. The van der Waals surface area contributed by atoms with E-state index in [0.29, 0.717) is 6.37 Å². The number of nitrogens with zero attached hydrogens (tertiary/aromatic N) is 4. The normalized spacial score (nSPS) is 15.6. The van der Waals surface area contributed by atoms with Gasteiger partial charge in [-0.1, -0.05) is 0 Å². The zero-order valence-electron chi connectivity index (χ0n) is 12.8. The van der Waals surface area contributed by atoms with Gasteiger partial charge in [0.2, 0.25) is 0 Å². The Labute approximate surface area is 154 Å². The van der Waals surface area contributed by atoms with E-state index < -0.39 is 0 Å². The molecule has 1 N–H and O–H groups in total. The lowest BCUT2D eigenvalue weighted by Crippen LogP contribution is -2.36. The van der Waals surface area contributed by atoms with Crippen LogP contribution in [0.2, 0.25) is 0 Å². The average Bonchev–Trinajstić information content (AvgIpc) is 3.00. The Morgan fingerprint density at radius 3 is 2.79 bits per heavy atom. The van der Waals surface area contributed by atoms with Crippen LogP contribution in [-0.2, 0) is 4.74 Å². The van der Waals surface area contributed by atoms with Crippen LogP contribution in [0.3, 0.4) is 0 Å². The topological polar surface area (TPSA) is 63.4 Å². The molecule has 1 aliphatic rings. The summed E-state index contributed by atoms with van der Waals surface area (Å²) in [5, 5.41) is 15.6. The maximum Gasteiger partial charge on any atom is 0.129 e. The van der Waals surface area contributed by atoms with Crippen LogP contribution in [0, 0.1) is 0 Å². The van der Waals surface area contributed by atoms with E-state index in [2.05, 4.69) is 38.0 Å². The summed E-state index contributed by atoms with van der Waals surface area (Å²) in [5.41, 5.74) is 2.91. The molecule has 0 amide bonds. The lowest BCUT2D eigenvalue weighted by Gasteiger charge is -2.27. The Kier molecular flexibility index (Phi) is 4.56. The largest absolute Gasteiger partial charge is 0.508 e. The van der Waals surface area contributed by atoms with E-state index in [1.807, 2.05) is 22.8 Å². The van der Waals surface area contributed by atoms with Gasteiger partial charge in [-0.15, -0.1) is 0 Å². The molecule has 6 nitrogen and oxygen atoms in total. The second kappa shape index (κ2) is 6.82. The zero-order valence-corrected chi connectivity index (χ0v) is 16.0. The van der Waals surface area contributed by atoms with Crippen molar-refractivity contribution in [1.82, 2.24) is 14.5 Å². The fourth-order valence-electron chi connectivity index (χ4n) is 2.91. The van der Waals surface area contributed by atoms with Crippen LogP contribution in [0.1, 0.15) is 0 Å². The molecule has 1 aromatic carbocycles. The number of ether oxygens (including phenoxy) is 1. The highest BCUT2D eigenvalue weighted by Crippen LogP contribution is 2.36. The van der Waals surface area contributed by atoms with Crippen molar-refractivity contribution in [3.63, 3.8) is 0 Å². The summed E-state index contributed by atoms with van der Waals surface area (Å²) in [4.78, 5) is 6.73. The Morgan fingerprint density at radius 2 is 2.00 bits per heavy atom. The minimum absolute atomic E-state index is 0.252. The van der Waals surface area contributed by atoms with Gasteiger partial charge in [0.15, 0.2) is 0 Å². The van der Waals surface area contributed by atoms with Gasteiger partial charge in [0.1, 0.15) is 17.3 Å². The van der Waals surface area contributed by atoms with Crippen LogP contribution in [-0.4, -0.2) is 45.9 Å². The molecule has 1 fully saturated rings.